The van der Waals surface area contributed by atoms with E-state index in [0.717, 1.165) is 43.6 Å². The maximum absolute atomic E-state index is 14.6. The number of carboxylic acid groups (broad SMARTS) is 1. The van der Waals surface area contributed by atoms with Crippen molar-refractivity contribution < 1.29 is 24.1 Å². The molecule has 1 aromatic heterocycles. The van der Waals surface area contributed by atoms with Gasteiger partial charge in [0.1, 0.15) is 11.6 Å². The van der Waals surface area contributed by atoms with Crippen LogP contribution in [-0.2, 0) is 4.79 Å². The number of likely N-dealkylation sites (tertiary alicyclic amines) is 1. The number of pyridine rings is 1. The minimum atomic E-state index is -1.04. The van der Waals surface area contributed by atoms with E-state index in [0.29, 0.717) is 36.0 Å². The fraction of sp³-hybridized carbons (Fsp3) is 0.583. The van der Waals surface area contributed by atoms with Crippen LogP contribution in [0.5, 0.6) is 5.75 Å². The second-order valence-corrected chi connectivity index (χ2v) is 9.63. The molecule has 1 aliphatic rings. The predicted molar refractivity (Wildman–Crippen MR) is 126 cm³/mol. The number of carbonyl (C=O) groups is 1. The van der Waals surface area contributed by atoms with Crippen molar-refractivity contribution in [1.82, 2.24) is 9.88 Å². The SMILES string of the molecule is CCCSCCN1CC[C@H](CC[C@H](O)c2c(F)cnc3ccc(OC)cc23)[C@H](C(=O)O)C1. The highest BCUT2D eigenvalue weighted by Gasteiger charge is 2.34. The molecule has 6 nitrogen and oxygen atoms in total. The normalized spacial score (nSPS) is 20.4. The van der Waals surface area contributed by atoms with Gasteiger partial charge in [0, 0.05) is 29.8 Å². The Morgan fingerprint density at radius 1 is 1.41 bits per heavy atom. The summed E-state index contributed by atoms with van der Waals surface area (Å²) in [6.07, 6.45) is 2.84. The predicted octanol–water partition coefficient (Wildman–Crippen LogP) is 4.36. The molecule has 176 valence electrons. The van der Waals surface area contributed by atoms with Gasteiger partial charge in [0.05, 0.1) is 30.8 Å². The van der Waals surface area contributed by atoms with Crippen LogP contribution < -0.4 is 4.74 Å². The van der Waals surface area contributed by atoms with Gasteiger partial charge in [-0.25, -0.2) is 4.39 Å². The highest BCUT2D eigenvalue weighted by molar-refractivity contribution is 7.99. The number of thioether (sulfide) groups is 1. The van der Waals surface area contributed by atoms with Crippen LogP contribution in [0.15, 0.2) is 24.4 Å². The molecule has 2 heterocycles. The molecule has 32 heavy (non-hydrogen) atoms. The van der Waals surface area contributed by atoms with E-state index in [2.05, 4.69) is 16.8 Å². The zero-order valence-electron chi connectivity index (χ0n) is 18.8. The van der Waals surface area contributed by atoms with Gasteiger partial charge in [-0.05, 0) is 62.1 Å². The van der Waals surface area contributed by atoms with Gasteiger partial charge in [0.2, 0.25) is 0 Å². The number of rotatable bonds is 11. The van der Waals surface area contributed by atoms with Crippen molar-refractivity contribution in [2.24, 2.45) is 11.8 Å². The summed E-state index contributed by atoms with van der Waals surface area (Å²) in [6, 6.07) is 5.16. The summed E-state index contributed by atoms with van der Waals surface area (Å²) >= 11 is 1.90. The zero-order chi connectivity index (χ0) is 23.1. The third-order valence-corrected chi connectivity index (χ3v) is 7.44. The number of carboxylic acids is 1. The summed E-state index contributed by atoms with van der Waals surface area (Å²) in [5.74, 6) is 0.852. The van der Waals surface area contributed by atoms with Gasteiger partial charge in [-0.2, -0.15) is 11.8 Å². The lowest BCUT2D eigenvalue weighted by atomic mass is 9.81. The first-order valence-corrected chi connectivity index (χ1v) is 12.4. The van der Waals surface area contributed by atoms with E-state index >= 15 is 0 Å². The maximum atomic E-state index is 14.6. The minimum absolute atomic E-state index is 0.0348. The van der Waals surface area contributed by atoms with Crippen molar-refractivity contribution in [1.29, 1.82) is 0 Å². The average Bonchev–Trinajstić information content (AvgIpc) is 2.80. The van der Waals surface area contributed by atoms with E-state index in [1.54, 1.807) is 18.2 Å². The van der Waals surface area contributed by atoms with Gasteiger partial charge in [-0.15, -0.1) is 0 Å². The van der Waals surface area contributed by atoms with Crippen LogP contribution in [0.1, 0.15) is 44.3 Å². The Bertz CT molecular complexity index is 913. The van der Waals surface area contributed by atoms with Crippen molar-refractivity contribution in [2.45, 2.75) is 38.7 Å². The van der Waals surface area contributed by atoms with E-state index in [4.69, 9.17) is 4.74 Å². The number of aliphatic hydroxyl groups excluding tert-OH is 1. The Hall–Kier alpha value is -1.90. The number of halogens is 1. The maximum Gasteiger partial charge on any atom is 0.308 e. The molecule has 2 N–H and O–H groups in total. The molecule has 1 saturated heterocycles. The van der Waals surface area contributed by atoms with E-state index in [1.807, 2.05) is 11.8 Å². The van der Waals surface area contributed by atoms with Gasteiger partial charge >= 0.3 is 5.97 Å². The van der Waals surface area contributed by atoms with Crippen LogP contribution in [0.3, 0.4) is 0 Å². The third kappa shape index (κ3) is 6.11. The van der Waals surface area contributed by atoms with Crippen molar-refractivity contribution in [3.63, 3.8) is 0 Å². The topological polar surface area (TPSA) is 82.9 Å². The molecule has 0 amide bonds. The van der Waals surface area contributed by atoms with Gasteiger partial charge in [-0.3, -0.25) is 9.78 Å². The second-order valence-electron chi connectivity index (χ2n) is 8.40. The smallest absolute Gasteiger partial charge is 0.308 e. The van der Waals surface area contributed by atoms with E-state index in [-0.39, 0.29) is 11.5 Å². The second kappa shape index (κ2) is 11.8. The quantitative estimate of drug-likeness (QED) is 0.478. The molecule has 1 fully saturated rings. The van der Waals surface area contributed by atoms with E-state index in [9.17, 15) is 19.4 Å². The molecule has 3 atom stereocenters. The van der Waals surface area contributed by atoms with Crippen molar-refractivity contribution in [3.8, 4) is 5.75 Å². The first kappa shape index (κ1) is 24.7. The molecule has 8 heteroatoms. The number of aliphatic carboxylic acids is 1. The summed E-state index contributed by atoms with van der Waals surface area (Å²) in [7, 11) is 1.53. The summed E-state index contributed by atoms with van der Waals surface area (Å²) < 4.78 is 19.9. The number of methoxy groups -OCH3 is 1. The number of nitrogens with zero attached hydrogens (tertiary/aromatic N) is 2. The lowest BCUT2D eigenvalue weighted by molar-refractivity contribution is -0.146. The van der Waals surface area contributed by atoms with Gasteiger partial charge in [0.25, 0.3) is 0 Å². The number of hydrogen-bond acceptors (Lipinski definition) is 6. The van der Waals surface area contributed by atoms with Crippen LogP contribution in [0.4, 0.5) is 4.39 Å². The molecule has 0 unspecified atom stereocenters. The molecular weight excluding hydrogens is 431 g/mol. The third-order valence-electron chi connectivity index (χ3n) is 6.27. The highest BCUT2D eigenvalue weighted by atomic mass is 32.2. The van der Waals surface area contributed by atoms with Gasteiger partial charge in [0.15, 0.2) is 0 Å². The Balaban J connectivity index is 1.66. The zero-order valence-corrected chi connectivity index (χ0v) is 19.6. The first-order valence-electron chi connectivity index (χ1n) is 11.3. The van der Waals surface area contributed by atoms with Crippen LogP contribution in [0, 0.1) is 17.7 Å². The molecule has 0 saturated carbocycles. The number of fused-ring (bicyclic) bond motifs is 1. The number of hydrogen-bond donors (Lipinski definition) is 2. The van der Waals surface area contributed by atoms with Crippen molar-refractivity contribution in [3.05, 3.63) is 35.8 Å². The molecule has 1 aliphatic heterocycles. The monoisotopic (exact) mass is 464 g/mol. The number of aromatic nitrogens is 1. The summed E-state index contributed by atoms with van der Waals surface area (Å²) in [5.41, 5.74) is 0.782. The number of ether oxygens (including phenoxy) is 1. The lowest BCUT2D eigenvalue weighted by Gasteiger charge is -2.37. The average molecular weight is 465 g/mol. The highest BCUT2D eigenvalue weighted by Crippen LogP contribution is 2.35. The Labute approximate surface area is 193 Å². The van der Waals surface area contributed by atoms with E-state index in [1.165, 1.54) is 7.11 Å². The molecule has 0 aliphatic carbocycles. The van der Waals surface area contributed by atoms with E-state index < -0.39 is 23.8 Å². The largest absolute Gasteiger partial charge is 0.497 e. The van der Waals surface area contributed by atoms with Crippen molar-refractivity contribution >= 4 is 28.6 Å². The van der Waals surface area contributed by atoms with Crippen LogP contribution >= 0.6 is 11.8 Å². The molecule has 2 aromatic rings. The fourth-order valence-electron chi connectivity index (χ4n) is 4.49. The Kier molecular flexibility index (Phi) is 9.13. The summed E-state index contributed by atoms with van der Waals surface area (Å²) in [5, 5.41) is 21.2. The van der Waals surface area contributed by atoms with Crippen LogP contribution in [-0.4, -0.2) is 64.3 Å². The first-order chi connectivity index (χ1) is 15.4. The van der Waals surface area contributed by atoms with Crippen LogP contribution in [0.25, 0.3) is 10.9 Å². The number of benzene rings is 1. The van der Waals surface area contributed by atoms with Gasteiger partial charge in [-0.1, -0.05) is 6.92 Å². The Morgan fingerprint density at radius 2 is 2.22 bits per heavy atom. The Morgan fingerprint density at radius 3 is 2.94 bits per heavy atom. The summed E-state index contributed by atoms with van der Waals surface area (Å²) in [4.78, 5) is 18.3. The lowest BCUT2D eigenvalue weighted by Crippen LogP contribution is -2.44. The van der Waals surface area contributed by atoms with Gasteiger partial charge < -0.3 is 19.8 Å². The molecular formula is C24H33FN2O4S. The van der Waals surface area contributed by atoms with Crippen molar-refractivity contribution in [2.75, 3.05) is 38.2 Å². The standard InChI is InChI=1S/C24H33FN2O4S/c1-3-11-32-12-10-27-9-8-16(19(15-27)24(29)30)4-7-22(28)23-18-13-17(31-2)5-6-21(18)26-14-20(23)25/h5-6,13-14,16,19,22,28H,3-4,7-12,15H2,1-2H3,(H,29,30)/t16-,19+,22-/m0/s1. The molecule has 3 rings (SSSR count). The molecule has 1 aromatic carbocycles. The molecule has 0 spiro atoms. The minimum Gasteiger partial charge on any atom is -0.497 e. The number of piperidine rings is 1. The van der Waals surface area contributed by atoms with Crippen LogP contribution in [0.2, 0.25) is 0 Å². The molecule has 0 bridgehead atoms. The summed E-state index contributed by atoms with van der Waals surface area (Å²) in [6.45, 7) is 4.46. The number of aliphatic hydroxyl groups is 1. The fourth-order valence-corrected chi connectivity index (χ4v) is 5.37. The molecule has 0 radical (unpaired) electrons.